The number of hydrogen-bond donors (Lipinski definition) is 0. The van der Waals surface area contributed by atoms with Crippen LogP contribution in [0.25, 0.3) is 6.08 Å². The third-order valence-electron chi connectivity index (χ3n) is 3.09. The van der Waals surface area contributed by atoms with Gasteiger partial charge in [-0.05, 0) is 23.8 Å². The largest absolute Gasteiger partial charge is 0.378 e. The molecule has 3 heteroatoms. The van der Waals surface area contributed by atoms with Crippen LogP contribution >= 0.6 is 0 Å². The molecule has 0 atom stereocenters. The van der Waals surface area contributed by atoms with Crippen LogP contribution in [0.4, 0.5) is 11.4 Å². The summed E-state index contributed by atoms with van der Waals surface area (Å²) in [6, 6.07) is 6.53. The molecule has 1 fully saturated rings. The molecule has 0 N–H and O–H groups in total. The van der Waals surface area contributed by atoms with Crippen LogP contribution in [-0.2, 0) is 4.74 Å². The van der Waals surface area contributed by atoms with Gasteiger partial charge >= 0.3 is 0 Å². The van der Waals surface area contributed by atoms with Crippen molar-refractivity contribution in [1.82, 2.24) is 0 Å². The fourth-order valence-corrected chi connectivity index (χ4v) is 2.13. The molecule has 1 saturated heterocycles. The van der Waals surface area contributed by atoms with E-state index in [0.717, 1.165) is 26.3 Å². The first-order valence-corrected chi connectivity index (χ1v) is 5.99. The number of rotatable bonds is 3. The fraction of sp³-hybridized carbons (Fsp3) is 0.429. The van der Waals surface area contributed by atoms with Crippen LogP contribution in [0, 0.1) is 0 Å². The van der Waals surface area contributed by atoms with Crippen LogP contribution in [0.2, 0.25) is 0 Å². The maximum atomic E-state index is 5.37. The van der Waals surface area contributed by atoms with Crippen molar-refractivity contribution >= 4 is 17.5 Å². The second-order valence-electron chi connectivity index (χ2n) is 4.44. The maximum absolute atomic E-state index is 5.37. The fourth-order valence-electron chi connectivity index (χ4n) is 2.13. The Balaban J connectivity index is 2.27. The Morgan fingerprint density at radius 2 is 2.00 bits per heavy atom. The molecular formula is C14H20N2O. The standard InChI is InChI=1S/C14H20N2O/c1-4-12-11-13(5-6-14(12)15(2)3)16-7-9-17-10-8-16/h4-6,11H,1,7-10H2,2-3H3. The summed E-state index contributed by atoms with van der Waals surface area (Å²) >= 11 is 0. The lowest BCUT2D eigenvalue weighted by molar-refractivity contribution is 0.122. The molecule has 1 heterocycles. The lowest BCUT2D eigenvalue weighted by Gasteiger charge is -2.29. The number of nitrogens with zero attached hydrogens (tertiary/aromatic N) is 2. The normalized spacial score (nSPS) is 15.8. The molecule has 1 aliphatic heterocycles. The summed E-state index contributed by atoms with van der Waals surface area (Å²) in [7, 11) is 4.10. The van der Waals surface area contributed by atoms with Crippen molar-refractivity contribution in [3.8, 4) is 0 Å². The summed E-state index contributed by atoms with van der Waals surface area (Å²) < 4.78 is 5.37. The van der Waals surface area contributed by atoms with E-state index in [1.165, 1.54) is 16.9 Å². The van der Waals surface area contributed by atoms with Gasteiger partial charge in [0.1, 0.15) is 0 Å². The summed E-state index contributed by atoms with van der Waals surface area (Å²) in [4.78, 5) is 4.47. The second-order valence-corrected chi connectivity index (χ2v) is 4.44. The predicted octanol–water partition coefficient (Wildman–Crippen LogP) is 2.23. The van der Waals surface area contributed by atoms with Gasteiger partial charge in [-0.1, -0.05) is 12.7 Å². The van der Waals surface area contributed by atoms with Gasteiger partial charge in [-0.2, -0.15) is 0 Å². The monoisotopic (exact) mass is 232 g/mol. The molecule has 3 nitrogen and oxygen atoms in total. The quantitative estimate of drug-likeness (QED) is 0.795. The smallest absolute Gasteiger partial charge is 0.0642 e. The number of morpholine rings is 1. The van der Waals surface area contributed by atoms with Crippen molar-refractivity contribution in [2.75, 3.05) is 50.2 Å². The SMILES string of the molecule is C=Cc1cc(N2CCOCC2)ccc1N(C)C. The molecule has 0 saturated carbocycles. The van der Waals surface area contributed by atoms with Crippen molar-refractivity contribution in [3.05, 3.63) is 30.3 Å². The summed E-state index contributed by atoms with van der Waals surface area (Å²) in [5, 5.41) is 0. The van der Waals surface area contributed by atoms with Gasteiger partial charge in [-0.25, -0.2) is 0 Å². The molecule has 0 aliphatic carbocycles. The molecular weight excluding hydrogens is 212 g/mol. The van der Waals surface area contributed by atoms with Crippen molar-refractivity contribution in [2.24, 2.45) is 0 Å². The molecule has 92 valence electrons. The molecule has 0 unspecified atom stereocenters. The van der Waals surface area contributed by atoms with E-state index in [0.29, 0.717) is 0 Å². The third kappa shape index (κ3) is 2.61. The lowest BCUT2D eigenvalue weighted by Crippen LogP contribution is -2.36. The molecule has 1 aromatic rings. The molecule has 0 bridgehead atoms. The Hall–Kier alpha value is -1.48. The van der Waals surface area contributed by atoms with E-state index >= 15 is 0 Å². The van der Waals surface area contributed by atoms with Gasteiger partial charge in [0.05, 0.1) is 13.2 Å². The van der Waals surface area contributed by atoms with Crippen LogP contribution in [0.3, 0.4) is 0 Å². The van der Waals surface area contributed by atoms with Crippen molar-refractivity contribution in [3.63, 3.8) is 0 Å². The molecule has 17 heavy (non-hydrogen) atoms. The molecule has 0 aromatic heterocycles. The van der Waals surface area contributed by atoms with Crippen LogP contribution in [0.1, 0.15) is 5.56 Å². The summed E-state index contributed by atoms with van der Waals surface area (Å²) in [6.45, 7) is 7.47. The predicted molar refractivity (Wildman–Crippen MR) is 73.9 cm³/mol. The molecule has 0 spiro atoms. The first-order valence-electron chi connectivity index (χ1n) is 5.99. The molecule has 0 radical (unpaired) electrons. The molecule has 2 rings (SSSR count). The first-order chi connectivity index (χ1) is 8.22. The van der Waals surface area contributed by atoms with Crippen LogP contribution in [-0.4, -0.2) is 40.4 Å². The zero-order chi connectivity index (χ0) is 12.3. The van der Waals surface area contributed by atoms with Gasteiger partial charge in [0.25, 0.3) is 0 Å². The van der Waals surface area contributed by atoms with Gasteiger partial charge in [-0.15, -0.1) is 0 Å². The zero-order valence-electron chi connectivity index (χ0n) is 10.6. The number of benzene rings is 1. The highest BCUT2D eigenvalue weighted by Gasteiger charge is 2.12. The topological polar surface area (TPSA) is 15.7 Å². The van der Waals surface area contributed by atoms with Crippen molar-refractivity contribution in [2.45, 2.75) is 0 Å². The third-order valence-corrected chi connectivity index (χ3v) is 3.09. The second kappa shape index (κ2) is 5.23. The molecule has 1 aliphatic rings. The van der Waals surface area contributed by atoms with E-state index in [4.69, 9.17) is 4.74 Å². The highest BCUT2D eigenvalue weighted by Crippen LogP contribution is 2.26. The minimum absolute atomic E-state index is 0.818. The van der Waals surface area contributed by atoms with Gasteiger partial charge < -0.3 is 14.5 Å². The summed E-state index contributed by atoms with van der Waals surface area (Å²) in [5.74, 6) is 0. The van der Waals surface area contributed by atoms with Gasteiger partial charge in [0, 0.05) is 38.6 Å². The number of anilines is 2. The van der Waals surface area contributed by atoms with E-state index in [2.05, 4.69) is 48.7 Å². The zero-order valence-corrected chi connectivity index (χ0v) is 10.6. The Morgan fingerprint density at radius 3 is 2.59 bits per heavy atom. The average Bonchev–Trinajstić information content (AvgIpc) is 2.39. The van der Waals surface area contributed by atoms with E-state index in [9.17, 15) is 0 Å². The minimum Gasteiger partial charge on any atom is -0.378 e. The van der Waals surface area contributed by atoms with E-state index in [1.54, 1.807) is 0 Å². The maximum Gasteiger partial charge on any atom is 0.0642 e. The number of hydrogen-bond acceptors (Lipinski definition) is 3. The molecule has 0 amide bonds. The van der Waals surface area contributed by atoms with Gasteiger partial charge in [0.15, 0.2) is 0 Å². The van der Waals surface area contributed by atoms with Crippen molar-refractivity contribution in [1.29, 1.82) is 0 Å². The highest BCUT2D eigenvalue weighted by molar-refractivity contribution is 5.71. The Morgan fingerprint density at radius 1 is 1.29 bits per heavy atom. The van der Waals surface area contributed by atoms with Crippen LogP contribution < -0.4 is 9.80 Å². The van der Waals surface area contributed by atoms with Crippen molar-refractivity contribution < 1.29 is 4.74 Å². The Kier molecular flexibility index (Phi) is 3.69. The first kappa shape index (κ1) is 12.0. The molecule has 1 aromatic carbocycles. The summed E-state index contributed by atoms with van der Waals surface area (Å²) in [5.41, 5.74) is 3.64. The Bertz CT molecular complexity index is 395. The van der Waals surface area contributed by atoms with E-state index in [1.807, 2.05) is 6.08 Å². The van der Waals surface area contributed by atoms with E-state index in [-0.39, 0.29) is 0 Å². The highest BCUT2D eigenvalue weighted by atomic mass is 16.5. The summed E-state index contributed by atoms with van der Waals surface area (Å²) in [6.07, 6.45) is 1.92. The van der Waals surface area contributed by atoms with Gasteiger partial charge in [-0.3, -0.25) is 0 Å². The van der Waals surface area contributed by atoms with Crippen LogP contribution in [0.5, 0.6) is 0 Å². The van der Waals surface area contributed by atoms with E-state index < -0.39 is 0 Å². The van der Waals surface area contributed by atoms with Gasteiger partial charge in [0.2, 0.25) is 0 Å². The lowest BCUT2D eigenvalue weighted by atomic mass is 10.1. The average molecular weight is 232 g/mol. The Labute approximate surface area is 103 Å². The minimum atomic E-state index is 0.818. The van der Waals surface area contributed by atoms with Crippen LogP contribution in [0.15, 0.2) is 24.8 Å². The number of ether oxygens (including phenoxy) is 1.